The van der Waals surface area contributed by atoms with Gasteiger partial charge in [0.05, 0.1) is 0 Å². The fourth-order valence-electron chi connectivity index (χ4n) is 1.94. The SMILES string of the molecule is CCc1cccc(OCC(=O)Nc2ccc(OC(F)(F)F)cc2)c1. The Balaban J connectivity index is 1.85. The van der Waals surface area contributed by atoms with Crippen LogP contribution in [0.15, 0.2) is 48.5 Å². The number of hydrogen-bond acceptors (Lipinski definition) is 3. The smallest absolute Gasteiger partial charge is 0.484 e. The first-order valence-corrected chi connectivity index (χ1v) is 7.23. The molecule has 0 saturated heterocycles. The van der Waals surface area contributed by atoms with E-state index < -0.39 is 12.3 Å². The van der Waals surface area contributed by atoms with Crippen LogP contribution in [0.3, 0.4) is 0 Å². The molecule has 0 aliphatic rings. The van der Waals surface area contributed by atoms with Crippen molar-refractivity contribution in [1.29, 1.82) is 0 Å². The number of amides is 1. The lowest BCUT2D eigenvalue weighted by atomic mass is 10.2. The van der Waals surface area contributed by atoms with E-state index in [2.05, 4.69) is 10.1 Å². The van der Waals surface area contributed by atoms with Crippen LogP contribution in [-0.4, -0.2) is 18.9 Å². The van der Waals surface area contributed by atoms with Crippen molar-refractivity contribution in [1.82, 2.24) is 0 Å². The van der Waals surface area contributed by atoms with E-state index in [-0.39, 0.29) is 12.4 Å². The molecule has 0 radical (unpaired) electrons. The van der Waals surface area contributed by atoms with Gasteiger partial charge in [-0.2, -0.15) is 0 Å². The van der Waals surface area contributed by atoms with Gasteiger partial charge in [0.15, 0.2) is 6.61 Å². The van der Waals surface area contributed by atoms with Gasteiger partial charge in [-0.1, -0.05) is 19.1 Å². The molecule has 0 unspecified atom stereocenters. The summed E-state index contributed by atoms with van der Waals surface area (Å²) in [6.45, 7) is 1.81. The Bertz CT molecular complexity index is 684. The Morgan fingerprint density at radius 3 is 2.42 bits per heavy atom. The van der Waals surface area contributed by atoms with Crippen LogP contribution in [0.5, 0.6) is 11.5 Å². The molecule has 0 fully saturated rings. The van der Waals surface area contributed by atoms with Crippen LogP contribution < -0.4 is 14.8 Å². The first-order valence-electron chi connectivity index (χ1n) is 7.23. The van der Waals surface area contributed by atoms with E-state index in [0.29, 0.717) is 11.4 Å². The third kappa shape index (κ3) is 5.83. The van der Waals surface area contributed by atoms with Gasteiger partial charge in [-0.25, -0.2) is 0 Å². The first kappa shape index (κ1) is 17.7. The molecule has 0 bridgehead atoms. The van der Waals surface area contributed by atoms with E-state index in [4.69, 9.17) is 4.74 Å². The highest BCUT2D eigenvalue weighted by atomic mass is 19.4. The number of hydrogen-bond donors (Lipinski definition) is 1. The normalized spacial score (nSPS) is 11.0. The second-order valence-corrected chi connectivity index (χ2v) is 4.91. The highest BCUT2D eigenvalue weighted by molar-refractivity contribution is 5.91. The molecule has 0 spiro atoms. The summed E-state index contributed by atoms with van der Waals surface area (Å²) in [5.41, 5.74) is 1.44. The van der Waals surface area contributed by atoms with Crippen molar-refractivity contribution in [2.24, 2.45) is 0 Å². The highest BCUT2D eigenvalue weighted by Gasteiger charge is 2.30. The molecule has 2 aromatic carbocycles. The van der Waals surface area contributed by atoms with E-state index in [1.807, 2.05) is 25.1 Å². The maximum Gasteiger partial charge on any atom is 0.573 e. The minimum absolute atomic E-state index is 0.200. The van der Waals surface area contributed by atoms with Gasteiger partial charge in [0.25, 0.3) is 5.91 Å². The highest BCUT2D eigenvalue weighted by Crippen LogP contribution is 2.24. The Morgan fingerprint density at radius 2 is 1.79 bits per heavy atom. The summed E-state index contributed by atoms with van der Waals surface area (Å²) < 4.78 is 45.3. The number of aryl methyl sites for hydroxylation is 1. The van der Waals surface area contributed by atoms with Gasteiger partial charge in [0.2, 0.25) is 0 Å². The number of alkyl halides is 3. The number of carbonyl (C=O) groups is 1. The Kier molecular flexibility index (Phi) is 5.68. The standard InChI is InChI=1S/C17H16F3NO3/c1-2-12-4-3-5-15(10-12)23-11-16(22)21-13-6-8-14(9-7-13)24-17(18,19)20/h3-10H,2,11H2,1H3,(H,21,22). The molecule has 7 heteroatoms. The number of anilines is 1. The summed E-state index contributed by atoms with van der Waals surface area (Å²) in [5, 5.41) is 2.53. The molecule has 4 nitrogen and oxygen atoms in total. The largest absolute Gasteiger partial charge is 0.573 e. The van der Waals surface area contributed by atoms with Crippen molar-refractivity contribution in [2.45, 2.75) is 19.7 Å². The topological polar surface area (TPSA) is 47.6 Å². The molecule has 24 heavy (non-hydrogen) atoms. The minimum atomic E-state index is -4.74. The van der Waals surface area contributed by atoms with E-state index >= 15 is 0 Å². The minimum Gasteiger partial charge on any atom is -0.484 e. The average Bonchev–Trinajstić information content (AvgIpc) is 2.54. The van der Waals surface area contributed by atoms with Crippen molar-refractivity contribution in [3.63, 3.8) is 0 Å². The number of nitrogens with one attached hydrogen (secondary N) is 1. The third-order valence-electron chi connectivity index (χ3n) is 3.05. The number of halogens is 3. The van der Waals surface area contributed by atoms with E-state index in [9.17, 15) is 18.0 Å². The van der Waals surface area contributed by atoms with Gasteiger partial charge in [-0.15, -0.1) is 13.2 Å². The van der Waals surface area contributed by atoms with E-state index in [1.165, 1.54) is 12.1 Å². The number of benzene rings is 2. The summed E-state index contributed by atoms with van der Waals surface area (Å²) in [4.78, 5) is 11.8. The molecule has 0 aromatic heterocycles. The first-order chi connectivity index (χ1) is 11.4. The quantitative estimate of drug-likeness (QED) is 0.859. The lowest BCUT2D eigenvalue weighted by Gasteiger charge is -2.10. The zero-order valence-corrected chi connectivity index (χ0v) is 12.9. The van der Waals surface area contributed by atoms with Gasteiger partial charge in [-0.05, 0) is 48.4 Å². The van der Waals surface area contributed by atoms with Gasteiger partial charge >= 0.3 is 6.36 Å². The van der Waals surface area contributed by atoms with Crippen molar-refractivity contribution < 1.29 is 27.4 Å². The third-order valence-corrected chi connectivity index (χ3v) is 3.05. The zero-order valence-electron chi connectivity index (χ0n) is 12.9. The van der Waals surface area contributed by atoms with Crippen LogP contribution in [0.1, 0.15) is 12.5 Å². The van der Waals surface area contributed by atoms with Crippen LogP contribution in [0, 0.1) is 0 Å². The Morgan fingerprint density at radius 1 is 1.08 bits per heavy atom. The molecule has 1 N–H and O–H groups in total. The fraction of sp³-hybridized carbons (Fsp3) is 0.235. The number of rotatable bonds is 6. The average molecular weight is 339 g/mol. The van der Waals surface area contributed by atoms with E-state index in [0.717, 1.165) is 24.1 Å². The molecule has 1 amide bonds. The molecule has 2 aromatic rings. The summed E-state index contributed by atoms with van der Waals surface area (Å²) in [7, 11) is 0. The van der Waals surface area contributed by atoms with Gasteiger partial charge < -0.3 is 14.8 Å². The number of ether oxygens (including phenoxy) is 2. The molecular weight excluding hydrogens is 323 g/mol. The molecule has 0 aliphatic carbocycles. The van der Waals surface area contributed by atoms with Crippen molar-refractivity contribution in [3.05, 3.63) is 54.1 Å². The lowest BCUT2D eigenvalue weighted by molar-refractivity contribution is -0.274. The number of carbonyl (C=O) groups excluding carboxylic acids is 1. The molecule has 0 atom stereocenters. The Hall–Kier alpha value is -2.70. The maximum absolute atomic E-state index is 12.1. The molecule has 0 heterocycles. The van der Waals surface area contributed by atoms with Gasteiger partial charge in [0, 0.05) is 5.69 Å². The summed E-state index contributed by atoms with van der Waals surface area (Å²) in [6, 6.07) is 12.3. The predicted molar refractivity (Wildman–Crippen MR) is 83.1 cm³/mol. The van der Waals surface area contributed by atoms with Crippen molar-refractivity contribution in [3.8, 4) is 11.5 Å². The second kappa shape index (κ2) is 7.72. The van der Waals surface area contributed by atoms with Crippen molar-refractivity contribution >= 4 is 11.6 Å². The second-order valence-electron chi connectivity index (χ2n) is 4.91. The fourth-order valence-corrected chi connectivity index (χ4v) is 1.94. The predicted octanol–water partition coefficient (Wildman–Crippen LogP) is 4.17. The van der Waals surface area contributed by atoms with Crippen LogP contribution in [0.4, 0.5) is 18.9 Å². The van der Waals surface area contributed by atoms with Crippen LogP contribution in [0.25, 0.3) is 0 Å². The van der Waals surface area contributed by atoms with Crippen LogP contribution in [-0.2, 0) is 11.2 Å². The van der Waals surface area contributed by atoms with E-state index in [1.54, 1.807) is 6.07 Å². The van der Waals surface area contributed by atoms with Crippen LogP contribution >= 0.6 is 0 Å². The van der Waals surface area contributed by atoms with Crippen LogP contribution in [0.2, 0.25) is 0 Å². The lowest BCUT2D eigenvalue weighted by Crippen LogP contribution is -2.20. The molecular formula is C17H16F3NO3. The molecule has 0 saturated carbocycles. The molecule has 0 aliphatic heterocycles. The monoisotopic (exact) mass is 339 g/mol. The van der Waals surface area contributed by atoms with Gasteiger partial charge in [-0.3, -0.25) is 4.79 Å². The molecule has 2 rings (SSSR count). The molecule has 128 valence electrons. The summed E-state index contributed by atoms with van der Waals surface area (Å²) in [5.74, 6) is -0.187. The zero-order chi connectivity index (χ0) is 17.6. The van der Waals surface area contributed by atoms with Crippen molar-refractivity contribution in [2.75, 3.05) is 11.9 Å². The van der Waals surface area contributed by atoms with Gasteiger partial charge in [0.1, 0.15) is 11.5 Å². The Labute approximate surface area is 137 Å². The maximum atomic E-state index is 12.1. The summed E-state index contributed by atoms with van der Waals surface area (Å²) >= 11 is 0. The summed E-state index contributed by atoms with van der Waals surface area (Å²) in [6.07, 6.45) is -3.89.